The molecule has 1 aromatic heterocycles. The van der Waals surface area contributed by atoms with E-state index in [2.05, 4.69) is 10.3 Å². The van der Waals surface area contributed by atoms with Crippen LogP contribution < -0.4 is 10.1 Å². The molecule has 110 valence electrons. The molecule has 0 radical (unpaired) electrons. The molecule has 2 aromatic carbocycles. The Morgan fingerprint density at radius 3 is 2.86 bits per heavy atom. The van der Waals surface area contributed by atoms with E-state index in [-0.39, 0.29) is 5.91 Å². The zero-order chi connectivity index (χ0) is 15.5. The first-order chi connectivity index (χ1) is 10.7. The Bertz CT molecular complexity index is 838. The molecule has 0 aliphatic rings. The van der Waals surface area contributed by atoms with Gasteiger partial charge in [0.1, 0.15) is 5.75 Å². The van der Waals surface area contributed by atoms with Gasteiger partial charge in [-0.25, -0.2) is 0 Å². The summed E-state index contributed by atoms with van der Waals surface area (Å²) in [5.74, 6) is 0.481. The Morgan fingerprint density at radius 2 is 2.05 bits per heavy atom. The van der Waals surface area contributed by atoms with Crippen molar-refractivity contribution in [1.29, 1.82) is 0 Å². The maximum atomic E-state index is 12.6. The first-order valence-electron chi connectivity index (χ1n) is 6.98. The minimum atomic E-state index is -0.168. The largest absolute Gasteiger partial charge is 0.495 e. The second kappa shape index (κ2) is 5.85. The Hall–Kier alpha value is -2.88. The molecule has 0 saturated carbocycles. The molecule has 3 aromatic rings. The Kier molecular flexibility index (Phi) is 3.74. The third-order valence-electron chi connectivity index (χ3n) is 3.53. The van der Waals surface area contributed by atoms with Crippen LogP contribution in [-0.4, -0.2) is 18.0 Å². The topological polar surface area (TPSA) is 51.2 Å². The van der Waals surface area contributed by atoms with E-state index in [1.807, 2.05) is 43.3 Å². The number of aromatic nitrogens is 1. The predicted molar refractivity (Wildman–Crippen MR) is 87.4 cm³/mol. The number of hydrogen-bond acceptors (Lipinski definition) is 3. The van der Waals surface area contributed by atoms with Crippen molar-refractivity contribution in [2.75, 3.05) is 12.4 Å². The zero-order valence-electron chi connectivity index (χ0n) is 12.5. The highest BCUT2D eigenvalue weighted by atomic mass is 16.5. The number of hydrogen-bond donors (Lipinski definition) is 1. The van der Waals surface area contributed by atoms with Crippen LogP contribution in [0.3, 0.4) is 0 Å². The van der Waals surface area contributed by atoms with E-state index in [1.54, 1.807) is 25.6 Å². The van der Waals surface area contributed by atoms with Crippen molar-refractivity contribution < 1.29 is 9.53 Å². The maximum Gasteiger partial charge on any atom is 0.256 e. The summed E-state index contributed by atoms with van der Waals surface area (Å²) in [6.07, 6.45) is 3.43. The smallest absolute Gasteiger partial charge is 0.256 e. The number of aryl methyl sites for hydroxylation is 1. The van der Waals surface area contributed by atoms with Crippen LogP contribution in [0.25, 0.3) is 10.8 Å². The molecule has 4 nitrogen and oxygen atoms in total. The van der Waals surface area contributed by atoms with Gasteiger partial charge in [0.15, 0.2) is 0 Å². The van der Waals surface area contributed by atoms with Gasteiger partial charge in [-0.15, -0.1) is 0 Å². The van der Waals surface area contributed by atoms with Gasteiger partial charge in [0, 0.05) is 23.3 Å². The SMILES string of the molecule is COc1cc(C)ccc1NC(=O)c1cccc2cnccc12. The number of fused-ring (bicyclic) bond motifs is 1. The number of carbonyl (C=O) groups excluding carboxylic acids is 1. The van der Waals surface area contributed by atoms with E-state index in [0.717, 1.165) is 16.3 Å². The van der Waals surface area contributed by atoms with Crippen molar-refractivity contribution in [2.45, 2.75) is 6.92 Å². The molecule has 0 aliphatic carbocycles. The maximum absolute atomic E-state index is 12.6. The summed E-state index contributed by atoms with van der Waals surface area (Å²) >= 11 is 0. The van der Waals surface area contributed by atoms with Crippen molar-refractivity contribution in [2.24, 2.45) is 0 Å². The minimum Gasteiger partial charge on any atom is -0.495 e. The van der Waals surface area contributed by atoms with Gasteiger partial charge in [-0.05, 0) is 42.1 Å². The molecule has 0 unspecified atom stereocenters. The predicted octanol–water partition coefficient (Wildman–Crippen LogP) is 3.80. The van der Waals surface area contributed by atoms with Crippen LogP contribution >= 0.6 is 0 Å². The normalized spacial score (nSPS) is 10.5. The highest BCUT2D eigenvalue weighted by Crippen LogP contribution is 2.26. The van der Waals surface area contributed by atoms with Crippen LogP contribution in [-0.2, 0) is 0 Å². The van der Waals surface area contributed by atoms with E-state index in [9.17, 15) is 4.79 Å². The number of rotatable bonds is 3. The van der Waals surface area contributed by atoms with E-state index in [0.29, 0.717) is 17.0 Å². The second-order valence-electron chi connectivity index (χ2n) is 5.06. The summed E-state index contributed by atoms with van der Waals surface area (Å²) in [5.41, 5.74) is 2.35. The molecule has 22 heavy (non-hydrogen) atoms. The van der Waals surface area contributed by atoms with Gasteiger partial charge in [0.2, 0.25) is 0 Å². The van der Waals surface area contributed by atoms with Crippen LogP contribution in [0.15, 0.2) is 54.9 Å². The summed E-state index contributed by atoms with van der Waals surface area (Å²) in [4.78, 5) is 16.7. The lowest BCUT2D eigenvalue weighted by Gasteiger charge is -2.12. The molecule has 0 aliphatic heterocycles. The number of ether oxygens (including phenoxy) is 1. The monoisotopic (exact) mass is 292 g/mol. The van der Waals surface area contributed by atoms with Gasteiger partial charge in [-0.1, -0.05) is 18.2 Å². The third-order valence-corrected chi connectivity index (χ3v) is 3.53. The first-order valence-corrected chi connectivity index (χ1v) is 6.98. The zero-order valence-corrected chi connectivity index (χ0v) is 12.5. The number of amides is 1. The van der Waals surface area contributed by atoms with Crippen molar-refractivity contribution in [3.05, 3.63) is 66.0 Å². The lowest BCUT2D eigenvalue weighted by molar-refractivity contribution is 0.102. The summed E-state index contributed by atoms with van der Waals surface area (Å²) in [6, 6.07) is 13.1. The van der Waals surface area contributed by atoms with Crippen molar-refractivity contribution >= 4 is 22.4 Å². The Morgan fingerprint density at radius 1 is 1.18 bits per heavy atom. The van der Waals surface area contributed by atoms with Gasteiger partial charge >= 0.3 is 0 Å². The van der Waals surface area contributed by atoms with Gasteiger partial charge in [-0.2, -0.15) is 0 Å². The summed E-state index contributed by atoms with van der Waals surface area (Å²) in [5, 5.41) is 4.72. The molecule has 4 heteroatoms. The van der Waals surface area contributed by atoms with Crippen molar-refractivity contribution in [1.82, 2.24) is 4.98 Å². The average Bonchev–Trinajstić information content (AvgIpc) is 2.55. The molecular formula is C18H16N2O2. The number of benzene rings is 2. The fraction of sp³-hybridized carbons (Fsp3) is 0.111. The van der Waals surface area contributed by atoms with Crippen LogP contribution in [0.5, 0.6) is 5.75 Å². The lowest BCUT2D eigenvalue weighted by Crippen LogP contribution is -2.13. The quantitative estimate of drug-likeness (QED) is 0.798. The third kappa shape index (κ3) is 2.63. The van der Waals surface area contributed by atoms with Crippen LogP contribution in [0.4, 0.5) is 5.69 Å². The molecule has 3 rings (SSSR count). The molecule has 1 amide bonds. The Labute approximate surface area is 128 Å². The van der Waals surface area contributed by atoms with Crippen molar-refractivity contribution in [3.8, 4) is 5.75 Å². The molecule has 0 spiro atoms. The first kappa shape index (κ1) is 14.1. The fourth-order valence-corrected chi connectivity index (χ4v) is 2.41. The number of nitrogens with one attached hydrogen (secondary N) is 1. The van der Waals surface area contributed by atoms with Gasteiger partial charge < -0.3 is 10.1 Å². The second-order valence-corrected chi connectivity index (χ2v) is 5.06. The molecule has 0 saturated heterocycles. The van der Waals surface area contributed by atoms with Gasteiger partial charge in [0.05, 0.1) is 12.8 Å². The number of anilines is 1. The van der Waals surface area contributed by atoms with E-state index >= 15 is 0 Å². The summed E-state index contributed by atoms with van der Waals surface area (Å²) in [7, 11) is 1.59. The number of carbonyl (C=O) groups is 1. The molecular weight excluding hydrogens is 276 g/mol. The highest BCUT2D eigenvalue weighted by molar-refractivity contribution is 6.13. The molecule has 0 fully saturated rings. The van der Waals surface area contributed by atoms with Gasteiger partial charge in [-0.3, -0.25) is 9.78 Å². The number of nitrogens with zero attached hydrogens (tertiary/aromatic N) is 1. The van der Waals surface area contributed by atoms with Gasteiger partial charge in [0.25, 0.3) is 5.91 Å². The average molecular weight is 292 g/mol. The number of pyridine rings is 1. The van der Waals surface area contributed by atoms with Crippen LogP contribution in [0.2, 0.25) is 0 Å². The fourth-order valence-electron chi connectivity index (χ4n) is 2.41. The van der Waals surface area contributed by atoms with Crippen LogP contribution in [0.1, 0.15) is 15.9 Å². The van der Waals surface area contributed by atoms with E-state index < -0.39 is 0 Å². The van der Waals surface area contributed by atoms with E-state index in [1.165, 1.54) is 0 Å². The molecule has 0 atom stereocenters. The summed E-state index contributed by atoms with van der Waals surface area (Å²) < 4.78 is 5.33. The van der Waals surface area contributed by atoms with E-state index in [4.69, 9.17) is 4.74 Å². The van der Waals surface area contributed by atoms with Crippen molar-refractivity contribution in [3.63, 3.8) is 0 Å². The lowest BCUT2D eigenvalue weighted by atomic mass is 10.1. The molecule has 0 bridgehead atoms. The Balaban J connectivity index is 1.97. The number of methoxy groups -OCH3 is 1. The molecule has 1 heterocycles. The highest BCUT2D eigenvalue weighted by Gasteiger charge is 2.12. The summed E-state index contributed by atoms with van der Waals surface area (Å²) in [6.45, 7) is 1.98. The standard InChI is InChI=1S/C18H16N2O2/c1-12-6-7-16(17(10-12)22-2)20-18(21)15-5-3-4-13-11-19-9-8-14(13)15/h3-11H,1-2H3,(H,20,21). The molecule has 1 N–H and O–H groups in total. The minimum absolute atomic E-state index is 0.168. The van der Waals surface area contributed by atoms with Crippen LogP contribution in [0, 0.1) is 6.92 Å².